The summed E-state index contributed by atoms with van der Waals surface area (Å²) in [5.74, 6) is 0.529. The minimum absolute atomic E-state index is 0.529. The monoisotopic (exact) mass is 295 g/mol. The third-order valence-corrected chi connectivity index (χ3v) is 4.18. The SMILES string of the molecule is CCCCCC(c1ccccc1)c1ccc(CN(C)C)cc1. The van der Waals surface area contributed by atoms with Crippen molar-refractivity contribution in [1.82, 2.24) is 4.90 Å². The van der Waals surface area contributed by atoms with Crippen LogP contribution in [0.2, 0.25) is 0 Å². The van der Waals surface area contributed by atoms with Crippen LogP contribution in [0.15, 0.2) is 54.6 Å². The molecule has 118 valence electrons. The Hall–Kier alpha value is -1.60. The van der Waals surface area contributed by atoms with Crippen LogP contribution in [0.25, 0.3) is 0 Å². The Morgan fingerprint density at radius 2 is 1.45 bits per heavy atom. The van der Waals surface area contributed by atoms with Crippen LogP contribution in [0.1, 0.15) is 55.2 Å². The summed E-state index contributed by atoms with van der Waals surface area (Å²) in [4.78, 5) is 2.21. The molecule has 0 aromatic heterocycles. The van der Waals surface area contributed by atoms with Gasteiger partial charge in [0.05, 0.1) is 0 Å². The summed E-state index contributed by atoms with van der Waals surface area (Å²) in [5.41, 5.74) is 4.28. The van der Waals surface area contributed by atoms with Gasteiger partial charge >= 0.3 is 0 Å². The lowest BCUT2D eigenvalue weighted by Gasteiger charge is -2.19. The van der Waals surface area contributed by atoms with E-state index in [-0.39, 0.29) is 0 Å². The highest BCUT2D eigenvalue weighted by Crippen LogP contribution is 2.30. The van der Waals surface area contributed by atoms with Crippen molar-refractivity contribution < 1.29 is 0 Å². The summed E-state index contributed by atoms with van der Waals surface area (Å²) in [6.45, 7) is 3.28. The van der Waals surface area contributed by atoms with Gasteiger partial charge in [0.15, 0.2) is 0 Å². The van der Waals surface area contributed by atoms with Crippen LogP contribution in [-0.4, -0.2) is 19.0 Å². The van der Waals surface area contributed by atoms with Crippen LogP contribution in [0.5, 0.6) is 0 Å². The highest BCUT2D eigenvalue weighted by molar-refractivity contribution is 5.34. The number of hydrogen-bond donors (Lipinski definition) is 0. The van der Waals surface area contributed by atoms with Gasteiger partial charge in [-0.3, -0.25) is 0 Å². The molecule has 0 aliphatic carbocycles. The maximum absolute atomic E-state index is 2.32. The Labute approximate surface area is 136 Å². The second kappa shape index (κ2) is 8.75. The first-order valence-electron chi connectivity index (χ1n) is 8.49. The quantitative estimate of drug-likeness (QED) is 0.584. The van der Waals surface area contributed by atoms with E-state index in [9.17, 15) is 0 Å². The average Bonchev–Trinajstić information content (AvgIpc) is 2.53. The van der Waals surface area contributed by atoms with Crippen LogP contribution in [0.3, 0.4) is 0 Å². The molecular formula is C21H29N. The minimum Gasteiger partial charge on any atom is -0.305 e. The lowest BCUT2D eigenvalue weighted by Crippen LogP contribution is -2.10. The highest BCUT2D eigenvalue weighted by atomic mass is 15.0. The van der Waals surface area contributed by atoms with Gasteiger partial charge in [-0.2, -0.15) is 0 Å². The number of unbranched alkanes of at least 4 members (excludes halogenated alkanes) is 2. The summed E-state index contributed by atoms with van der Waals surface area (Å²) in [6, 6.07) is 20.2. The van der Waals surface area contributed by atoms with Gasteiger partial charge in [-0.1, -0.05) is 80.8 Å². The highest BCUT2D eigenvalue weighted by Gasteiger charge is 2.13. The van der Waals surface area contributed by atoms with Crippen LogP contribution in [0.4, 0.5) is 0 Å². The fourth-order valence-electron chi connectivity index (χ4n) is 3.03. The van der Waals surface area contributed by atoms with Gasteiger partial charge in [-0.15, -0.1) is 0 Å². The third kappa shape index (κ3) is 4.99. The summed E-state index contributed by atoms with van der Waals surface area (Å²) < 4.78 is 0. The van der Waals surface area contributed by atoms with Crippen molar-refractivity contribution in [2.24, 2.45) is 0 Å². The van der Waals surface area contributed by atoms with E-state index in [1.807, 2.05) is 0 Å². The van der Waals surface area contributed by atoms with Gasteiger partial charge in [0, 0.05) is 12.5 Å². The zero-order valence-corrected chi connectivity index (χ0v) is 14.3. The molecule has 1 unspecified atom stereocenters. The molecule has 0 saturated carbocycles. The van der Waals surface area contributed by atoms with Gasteiger partial charge in [0.25, 0.3) is 0 Å². The number of rotatable bonds is 8. The molecule has 0 amide bonds. The molecule has 1 nitrogen and oxygen atoms in total. The number of hydrogen-bond acceptors (Lipinski definition) is 1. The first-order valence-corrected chi connectivity index (χ1v) is 8.49. The molecule has 22 heavy (non-hydrogen) atoms. The molecule has 0 radical (unpaired) electrons. The normalized spacial score (nSPS) is 12.5. The van der Waals surface area contributed by atoms with Crippen LogP contribution in [-0.2, 0) is 6.54 Å². The molecule has 0 aliphatic rings. The van der Waals surface area contributed by atoms with E-state index >= 15 is 0 Å². The molecule has 2 aromatic rings. The molecule has 0 saturated heterocycles. The van der Waals surface area contributed by atoms with E-state index in [0.29, 0.717) is 5.92 Å². The zero-order chi connectivity index (χ0) is 15.8. The summed E-state index contributed by atoms with van der Waals surface area (Å²) >= 11 is 0. The lowest BCUT2D eigenvalue weighted by molar-refractivity contribution is 0.402. The molecule has 0 bridgehead atoms. The first-order chi connectivity index (χ1) is 10.7. The van der Waals surface area contributed by atoms with Gasteiger partial charge in [0.2, 0.25) is 0 Å². The van der Waals surface area contributed by atoms with Crippen LogP contribution < -0.4 is 0 Å². The Balaban J connectivity index is 2.17. The van der Waals surface area contributed by atoms with Gasteiger partial charge < -0.3 is 4.90 Å². The molecule has 2 rings (SSSR count). The van der Waals surface area contributed by atoms with Crippen LogP contribution >= 0.6 is 0 Å². The van der Waals surface area contributed by atoms with E-state index in [1.165, 1.54) is 42.4 Å². The van der Waals surface area contributed by atoms with Crippen molar-refractivity contribution in [2.75, 3.05) is 14.1 Å². The predicted molar refractivity (Wildman–Crippen MR) is 96.3 cm³/mol. The van der Waals surface area contributed by atoms with Crippen molar-refractivity contribution in [1.29, 1.82) is 0 Å². The second-order valence-electron chi connectivity index (χ2n) is 6.44. The zero-order valence-electron chi connectivity index (χ0n) is 14.3. The molecule has 0 heterocycles. The number of nitrogens with zero attached hydrogens (tertiary/aromatic N) is 1. The lowest BCUT2D eigenvalue weighted by atomic mass is 9.86. The van der Waals surface area contributed by atoms with E-state index in [2.05, 4.69) is 80.5 Å². The van der Waals surface area contributed by atoms with Gasteiger partial charge in [0.1, 0.15) is 0 Å². The van der Waals surface area contributed by atoms with E-state index < -0.39 is 0 Å². The molecule has 1 atom stereocenters. The summed E-state index contributed by atoms with van der Waals surface area (Å²) in [6.07, 6.45) is 5.14. The fourth-order valence-corrected chi connectivity index (χ4v) is 3.03. The Morgan fingerprint density at radius 3 is 2.05 bits per heavy atom. The summed E-state index contributed by atoms with van der Waals surface area (Å²) in [7, 11) is 4.23. The predicted octanol–water partition coefficient (Wildman–Crippen LogP) is 5.46. The van der Waals surface area contributed by atoms with Crippen molar-refractivity contribution in [3.8, 4) is 0 Å². The van der Waals surface area contributed by atoms with E-state index in [1.54, 1.807) is 0 Å². The van der Waals surface area contributed by atoms with Crippen molar-refractivity contribution in [2.45, 2.75) is 45.1 Å². The standard InChI is InChI=1S/C21H29N/c1-4-5-7-12-21(19-10-8-6-9-11-19)20-15-13-18(14-16-20)17-22(2)3/h6,8-11,13-16,21H,4-5,7,12,17H2,1-3H3. The van der Waals surface area contributed by atoms with Crippen LogP contribution in [0, 0.1) is 0 Å². The Kier molecular flexibility index (Phi) is 6.67. The second-order valence-corrected chi connectivity index (χ2v) is 6.44. The smallest absolute Gasteiger partial charge is 0.0227 e. The molecule has 0 aliphatic heterocycles. The molecule has 0 N–H and O–H groups in total. The average molecular weight is 295 g/mol. The topological polar surface area (TPSA) is 3.24 Å². The van der Waals surface area contributed by atoms with Crippen molar-refractivity contribution in [3.63, 3.8) is 0 Å². The van der Waals surface area contributed by atoms with Crippen molar-refractivity contribution >= 4 is 0 Å². The minimum atomic E-state index is 0.529. The molecule has 2 aromatic carbocycles. The third-order valence-electron chi connectivity index (χ3n) is 4.18. The maximum Gasteiger partial charge on any atom is 0.0227 e. The van der Waals surface area contributed by atoms with Gasteiger partial charge in [-0.05, 0) is 37.2 Å². The molecule has 0 spiro atoms. The van der Waals surface area contributed by atoms with Gasteiger partial charge in [-0.25, -0.2) is 0 Å². The van der Waals surface area contributed by atoms with Crippen molar-refractivity contribution in [3.05, 3.63) is 71.3 Å². The molecule has 1 heteroatoms. The molecular weight excluding hydrogens is 266 g/mol. The fraction of sp³-hybridized carbons (Fsp3) is 0.429. The Morgan fingerprint density at radius 1 is 0.818 bits per heavy atom. The largest absolute Gasteiger partial charge is 0.305 e. The van der Waals surface area contributed by atoms with E-state index in [0.717, 1.165) is 6.54 Å². The number of benzene rings is 2. The Bertz CT molecular complexity index is 528. The summed E-state index contributed by atoms with van der Waals surface area (Å²) in [5, 5.41) is 0. The first kappa shape index (κ1) is 16.8. The molecule has 0 fully saturated rings. The van der Waals surface area contributed by atoms with E-state index in [4.69, 9.17) is 0 Å². The maximum atomic E-state index is 2.32.